The lowest BCUT2D eigenvalue weighted by Gasteiger charge is -2.44. The molecule has 0 radical (unpaired) electrons. The van der Waals surface area contributed by atoms with Crippen molar-refractivity contribution in [2.45, 2.75) is 70.3 Å². The average molecular weight is 511 g/mol. The van der Waals surface area contributed by atoms with Gasteiger partial charge in [-0.2, -0.15) is 0 Å². The van der Waals surface area contributed by atoms with Gasteiger partial charge in [-0.15, -0.1) is 0 Å². The minimum atomic E-state index is -2.84. The Morgan fingerprint density at radius 1 is 1.03 bits per heavy atom. The quantitative estimate of drug-likeness (QED) is 0.511. The number of carboxylic acid groups (broad SMARTS) is 1. The molecular formula is C29H38O6Si. The lowest BCUT2D eigenvalue weighted by molar-refractivity contribution is -0.197. The van der Waals surface area contributed by atoms with Gasteiger partial charge in [0.15, 0.2) is 6.29 Å². The first-order valence-electron chi connectivity index (χ1n) is 13.0. The van der Waals surface area contributed by atoms with Crippen LogP contribution in [0.1, 0.15) is 52.9 Å². The summed E-state index contributed by atoms with van der Waals surface area (Å²) in [6.07, 6.45) is 2.04. The van der Waals surface area contributed by atoms with Crippen LogP contribution in [0.5, 0.6) is 0 Å². The number of ether oxygens (including phenoxy) is 2. The predicted molar refractivity (Wildman–Crippen MR) is 141 cm³/mol. The molecule has 2 aromatic rings. The van der Waals surface area contributed by atoms with Gasteiger partial charge in [-0.1, -0.05) is 81.4 Å². The summed E-state index contributed by atoms with van der Waals surface area (Å²) >= 11 is 0. The molecule has 4 rings (SSSR count). The molecule has 4 atom stereocenters. The van der Waals surface area contributed by atoms with Crippen molar-refractivity contribution in [1.29, 1.82) is 0 Å². The minimum absolute atomic E-state index is 0.0609. The van der Waals surface area contributed by atoms with Gasteiger partial charge in [0.05, 0.1) is 12.5 Å². The number of benzene rings is 2. The van der Waals surface area contributed by atoms with Gasteiger partial charge in [0, 0.05) is 31.5 Å². The van der Waals surface area contributed by atoms with Gasteiger partial charge in [0.25, 0.3) is 8.32 Å². The lowest BCUT2D eigenvalue weighted by Crippen LogP contribution is -2.67. The van der Waals surface area contributed by atoms with Gasteiger partial charge < -0.3 is 19.0 Å². The highest BCUT2D eigenvalue weighted by Gasteiger charge is 2.52. The third-order valence-corrected chi connectivity index (χ3v) is 12.6. The largest absolute Gasteiger partial charge is 0.481 e. The van der Waals surface area contributed by atoms with E-state index in [2.05, 4.69) is 45.0 Å². The molecule has 1 aliphatic carbocycles. The van der Waals surface area contributed by atoms with Crippen LogP contribution in [0, 0.1) is 11.8 Å². The number of carbonyl (C=O) groups is 2. The first kappa shape index (κ1) is 26.7. The van der Waals surface area contributed by atoms with Crippen LogP contribution in [0.4, 0.5) is 0 Å². The molecule has 0 aromatic heterocycles. The maximum Gasteiger partial charge on any atom is 0.304 e. The Labute approximate surface area is 215 Å². The molecule has 1 aliphatic heterocycles. The van der Waals surface area contributed by atoms with Gasteiger partial charge in [-0.05, 0) is 34.7 Å². The maximum atomic E-state index is 13.0. The zero-order chi connectivity index (χ0) is 25.8. The van der Waals surface area contributed by atoms with Crippen molar-refractivity contribution < 1.29 is 28.6 Å². The van der Waals surface area contributed by atoms with E-state index in [9.17, 15) is 14.7 Å². The van der Waals surface area contributed by atoms with E-state index in [0.717, 1.165) is 29.6 Å². The van der Waals surface area contributed by atoms with Gasteiger partial charge in [0.2, 0.25) is 0 Å². The molecule has 1 heterocycles. The fraction of sp³-hybridized carbons (Fsp3) is 0.517. The van der Waals surface area contributed by atoms with Crippen molar-refractivity contribution in [3.05, 3.63) is 60.7 Å². The number of Topliss-reactive ketones (excluding diaryl/α,β-unsaturated/α-hetero) is 1. The fourth-order valence-corrected chi connectivity index (χ4v) is 10.4. The first-order valence-corrected chi connectivity index (χ1v) is 14.9. The standard InChI is InChI=1S/C29H38O6Si/c1-29(2,3)36(21-12-6-4-7-13-21,22-14-8-5-9-15-22)34-20-24-23(18-27(31)32)25(30)19-26(24)35-28-16-10-11-17-33-28/h4-9,12-15,23-24,26,28H,10-11,16-20H2,1-3H3,(H,31,32)/t23-,24-,26-,28?/m1/s1. The summed E-state index contributed by atoms with van der Waals surface area (Å²) in [5.74, 6) is -2.01. The average Bonchev–Trinajstić information content (AvgIpc) is 3.14. The molecule has 36 heavy (non-hydrogen) atoms. The minimum Gasteiger partial charge on any atom is -0.481 e. The van der Waals surface area contributed by atoms with Gasteiger partial charge >= 0.3 is 5.97 Å². The summed E-state index contributed by atoms with van der Waals surface area (Å²) in [5, 5.41) is 11.7. The van der Waals surface area contributed by atoms with E-state index in [4.69, 9.17) is 13.9 Å². The second kappa shape index (κ2) is 11.4. The molecule has 6 nitrogen and oxygen atoms in total. The van der Waals surface area contributed by atoms with E-state index in [1.54, 1.807) is 0 Å². The SMILES string of the molecule is CC(C)(C)[Si](OC[C@H]1[C@H](OC2CCCCO2)CC(=O)[C@@H]1CC(=O)O)(c1ccccc1)c1ccccc1. The van der Waals surface area contributed by atoms with Crippen molar-refractivity contribution in [2.75, 3.05) is 13.2 Å². The van der Waals surface area contributed by atoms with Crippen molar-refractivity contribution in [2.24, 2.45) is 11.8 Å². The summed E-state index contributed by atoms with van der Waals surface area (Å²) in [6.45, 7) is 7.52. The van der Waals surface area contributed by atoms with Crippen molar-refractivity contribution in [3.8, 4) is 0 Å². The number of rotatable bonds is 9. The summed E-state index contributed by atoms with van der Waals surface area (Å²) in [6, 6.07) is 20.7. The van der Waals surface area contributed by atoms with Crippen LogP contribution in [0.2, 0.25) is 5.04 Å². The Balaban J connectivity index is 1.69. The number of hydrogen-bond donors (Lipinski definition) is 1. The zero-order valence-corrected chi connectivity index (χ0v) is 22.5. The third-order valence-electron chi connectivity index (χ3n) is 7.58. The van der Waals surface area contributed by atoms with Crippen LogP contribution >= 0.6 is 0 Å². The molecule has 1 saturated carbocycles. The maximum absolute atomic E-state index is 13.0. The smallest absolute Gasteiger partial charge is 0.304 e. The van der Waals surface area contributed by atoms with E-state index in [1.165, 1.54) is 0 Å². The van der Waals surface area contributed by atoms with E-state index in [-0.39, 0.29) is 42.5 Å². The Kier molecular flexibility index (Phi) is 8.45. The van der Waals surface area contributed by atoms with Crippen LogP contribution in [0.15, 0.2) is 60.7 Å². The summed E-state index contributed by atoms with van der Waals surface area (Å²) in [4.78, 5) is 24.7. The van der Waals surface area contributed by atoms with Gasteiger partial charge in [-0.25, -0.2) is 0 Å². The topological polar surface area (TPSA) is 82.1 Å². The summed E-state index contributed by atoms with van der Waals surface area (Å²) in [7, 11) is -2.84. The molecule has 194 valence electrons. The Hall–Kier alpha value is -2.32. The van der Waals surface area contributed by atoms with Crippen molar-refractivity contribution >= 4 is 30.4 Å². The van der Waals surface area contributed by atoms with E-state index in [0.29, 0.717) is 6.61 Å². The molecular weight excluding hydrogens is 472 g/mol. The van der Waals surface area contributed by atoms with Crippen LogP contribution in [-0.4, -0.2) is 50.8 Å². The number of aliphatic carboxylic acids is 1. The normalized spacial score (nSPS) is 25.1. The monoisotopic (exact) mass is 510 g/mol. The van der Waals surface area contributed by atoms with E-state index in [1.807, 2.05) is 36.4 Å². The highest BCUT2D eigenvalue weighted by molar-refractivity contribution is 6.99. The lowest BCUT2D eigenvalue weighted by atomic mass is 9.92. The van der Waals surface area contributed by atoms with Gasteiger partial charge in [-0.3, -0.25) is 9.59 Å². The zero-order valence-electron chi connectivity index (χ0n) is 21.5. The molecule has 1 N–H and O–H groups in total. The number of hydrogen-bond acceptors (Lipinski definition) is 5. The molecule has 2 fully saturated rings. The number of ketones is 1. The first-order chi connectivity index (χ1) is 17.2. The molecule has 1 unspecified atom stereocenters. The molecule has 2 aromatic carbocycles. The molecule has 0 amide bonds. The van der Waals surface area contributed by atoms with E-state index < -0.39 is 26.3 Å². The summed E-state index contributed by atoms with van der Waals surface area (Å²) < 4.78 is 19.2. The van der Waals surface area contributed by atoms with E-state index >= 15 is 0 Å². The van der Waals surface area contributed by atoms with Crippen LogP contribution in [0.3, 0.4) is 0 Å². The molecule has 0 bridgehead atoms. The second-order valence-corrected chi connectivity index (χ2v) is 15.3. The molecule has 0 spiro atoms. The highest BCUT2D eigenvalue weighted by Crippen LogP contribution is 2.40. The molecule has 2 aliphatic rings. The number of carboxylic acids is 1. The Morgan fingerprint density at radius 2 is 1.64 bits per heavy atom. The van der Waals surface area contributed by atoms with Crippen molar-refractivity contribution in [3.63, 3.8) is 0 Å². The van der Waals surface area contributed by atoms with Crippen LogP contribution in [0.25, 0.3) is 0 Å². The van der Waals surface area contributed by atoms with Crippen LogP contribution < -0.4 is 10.4 Å². The second-order valence-electron chi connectivity index (χ2n) is 11.0. The third kappa shape index (κ3) is 5.64. The van der Waals surface area contributed by atoms with Gasteiger partial charge in [0.1, 0.15) is 5.78 Å². The number of carbonyl (C=O) groups excluding carboxylic acids is 1. The molecule has 1 saturated heterocycles. The fourth-order valence-electron chi connectivity index (χ4n) is 5.82. The molecule has 7 heteroatoms. The Morgan fingerprint density at radius 3 is 2.14 bits per heavy atom. The predicted octanol–water partition coefficient (Wildman–Crippen LogP) is 4.15. The summed E-state index contributed by atoms with van der Waals surface area (Å²) in [5.41, 5.74) is 0. The Bertz CT molecular complexity index is 974. The van der Waals surface area contributed by atoms with Crippen molar-refractivity contribution in [1.82, 2.24) is 0 Å². The highest BCUT2D eigenvalue weighted by atomic mass is 28.4. The van der Waals surface area contributed by atoms with Crippen LogP contribution in [-0.2, 0) is 23.5 Å².